The standard InChI is InChI=1S/C15H13FN2O4/c1-21-13(19)8-12(15(20)22-2)18-11-7-10(16)6-9-4-3-5-17-14(9)11/h3-7H,8H2,1-2H3. The quantitative estimate of drug-likeness (QED) is 0.639. The number of carbonyl (C=O) groups is 2. The number of pyridine rings is 1. The first-order valence-corrected chi connectivity index (χ1v) is 6.32. The Morgan fingerprint density at radius 1 is 1.27 bits per heavy atom. The van der Waals surface area contributed by atoms with Crippen molar-refractivity contribution in [3.05, 3.63) is 36.3 Å². The Bertz CT molecular complexity index is 758. The predicted octanol–water partition coefficient (Wildman–Crippen LogP) is 2.18. The molecule has 0 aliphatic rings. The summed E-state index contributed by atoms with van der Waals surface area (Å²) in [6, 6.07) is 5.77. The van der Waals surface area contributed by atoms with E-state index in [9.17, 15) is 14.0 Å². The molecule has 0 N–H and O–H groups in total. The van der Waals surface area contributed by atoms with Crippen molar-refractivity contribution in [1.29, 1.82) is 0 Å². The molecule has 6 nitrogen and oxygen atoms in total. The van der Waals surface area contributed by atoms with Crippen molar-refractivity contribution >= 4 is 34.2 Å². The summed E-state index contributed by atoms with van der Waals surface area (Å²) in [6.45, 7) is 0. The molecule has 0 saturated carbocycles. The van der Waals surface area contributed by atoms with E-state index in [0.717, 1.165) is 13.2 Å². The number of fused-ring (bicyclic) bond motifs is 1. The minimum atomic E-state index is -0.793. The first kappa shape index (κ1) is 15.6. The molecule has 0 fully saturated rings. The Morgan fingerprint density at radius 3 is 2.73 bits per heavy atom. The molecule has 0 amide bonds. The van der Waals surface area contributed by atoms with Crippen molar-refractivity contribution in [2.75, 3.05) is 14.2 Å². The lowest BCUT2D eigenvalue weighted by Gasteiger charge is -2.06. The molecule has 0 aliphatic heterocycles. The number of hydrogen-bond acceptors (Lipinski definition) is 6. The fraction of sp³-hybridized carbons (Fsp3) is 0.200. The van der Waals surface area contributed by atoms with E-state index in [-0.39, 0.29) is 17.8 Å². The van der Waals surface area contributed by atoms with Gasteiger partial charge in [-0.2, -0.15) is 0 Å². The monoisotopic (exact) mass is 304 g/mol. The van der Waals surface area contributed by atoms with Gasteiger partial charge in [-0.25, -0.2) is 14.2 Å². The number of carbonyl (C=O) groups excluding carboxylic acids is 2. The fourth-order valence-electron chi connectivity index (χ4n) is 1.85. The minimum Gasteiger partial charge on any atom is -0.469 e. The molecular weight excluding hydrogens is 291 g/mol. The van der Waals surface area contributed by atoms with E-state index in [0.29, 0.717) is 10.9 Å². The van der Waals surface area contributed by atoms with Gasteiger partial charge in [-0.3, -0.25) is 9.78 Å². The average molecular weight is 304 g/mol. The molecule has 1 aromatic carbocycles. The van der Waals surface area contributed by atoms with Gasteiger partial charge in [-0.1, -0.05) is 6.07 Å². The molecule has 7 heteroatoms. The first-order valence-electron chi connectivity index (χ1n) is 6.32. The number of halogens is 1. The summed E-state index contributed by atoms with van der Waals surface area (Å²) in [4.78, 5) is 31.2. The first-order chi connectivity index (χ1) is 10.5. The van der Waals surface area contributed by atoms with Crippen LogP contribution in [0.5, 0.6) is 0 Å². The van der Waals surface area contributed by atoms with E-state index in [1.54, 1.807) is 12.1 Å². The second-order valence-corrected chi connectivity index (χ2v) is 4.30. The van der Waals surface area contributed by atoms with Crippen molar-refractivity contribution in [3.63, 3.8) is 0 Å². The van der Waals surface area contributed by atoms with Gasteiger partial charge in [-0.05, 0) is 12.1 Å². The van der Waals surface area contributed by atoms with Crippen LogP contribution in [0.3, 0.4) is 0 Å². The summed E-state index contributed by atoms with van der Waals surface area (Å²) in [7, 11) is 2.35. The smallest absolute Gasteiger partial charge is 0.353 e. The molecule has 2 rings (SSSR count). The normalized spacial score (nSPS) is 11.3. The molecule has 0 saturated heterocycles. The molecule has 0 spiro atoms. The number of methoxy groups -OCH3 is 2. The Labute approximate surface area is 125 Å². The molecule has 22 heavy (non-hydrogen) atoms. The third kappa shape index (κ3) is 3.43. The van der Waals surface area contributed by atoms with Crippen LogP contribution in [0.4, 0.5) is 10.1 Å². The number of hydrogen-bond donors (Lipinski definition) is 0. The summed E-state index contributed by atoms with van der Waals surface area (Å²) in [6.07, 6.45) is 1.14. The number of ether oxygens (including phenoxy) is 2. The highest BCUT2D eigenvalue weighted by atomic mass is 19.1. The van der Waals surface area contributed by atoms with Crippen LogP contribution in [-0.2, 0) is 19.1 Å². The highest BCUT2D eigenvalue weighted by Crippen LogP contribution is 2.26. The van der Waals surface area contributed by atoms with Crippen LogP contribution in [0.1, 0.15) is 6.42 Å². The molecule has 1 aromatic heterocycles. The molecular formula is C15H13FN2O4. The van der Waals surface area contributed by atoms with Gasteiger partial charge in [0.2, 0.25) is 0 Å². The van der Waals surface area contributed by atoms with E-state index < -0.39 is 17.8 Å². The number of nitrogens with zero attached hydrogens (tertiary/aromatic N) is 2. The maximum absolute atomic E-state index is 13.7. The molecule has 0 aliphatic carbocycles. The molecule has 0 radical (unpaired) electrons. The lowest BCUT2D eigenvalue weighted by atomic mass is 10.2. The van der Waals surface area contributed by atoms with Crippen molar-refractivity contribution in [3.8, 4) is 0 Å². The van der Waals surface area contributed by atoms with Crippen molar-refractivity contribution in [1.82, 2.24) is 4.98 Å². The van der Waals surface area contributed by atoms with Crippen LogP contribution < -0.4 is 0 Å². The Hall–Kier alpha value is -2.83. The predicted molar refractivity (Wildman–Crippen MR) is 77.4 cm³/mol. The topological polar surface area (TPSA) is 77.9 Å². The van der Waals surface area contributed by atoms with E-state index in [1.165, 1.54) is 19.4 Å². The highest BCUT2D eigenvalue weighted by Gasteiger charge is 2.18. The van der Waals surface area contributed by atoms with Gasteiger partial charge >= 0.3 is 11.9 Å². The van der Waals surface area contributed by atoms with Crippen LogP contribution in [0, 0.1) is 5.82 Å². The second-order valence-electron chi connectivity index (χ2n) is 4.30. The minimum absolute atomic E-state index is 0.139. The third-order valence-corrected chi connectivity index (χ3v) is 2.87. The summed E-state index contributed by atoms with van der Waals surface area (Å²) in [5, 5.41) is 0.531. The van der Waals surface area contributed by atoms with Gasteiger partial charge in [-0.15, -0.1) is 0 Å². The van der Waals surface area contributed by atoms with Crippen LogP contribution >= 0.6 is 0 Å². The molecule has 1 heterocycles. The maximum Gasteiger partial charge on any atom is 0.353 e. The lowest BCUT2D eigenvalue weighted by Crippen LogP contribution is -2.20. The zero-order valence-electron chi connectivity index (χ0n) is 12.0. The van der Waals surface area contributed by atoms with E-state index in [2.05, 4.69) is 19.5 Å². The summed E-state index contributed by atoms with van der Waals surface area (Å²) in [5.74, 6) is -1.97. The average Bonchev–Trinajstić information content (AvgIpc) is 2.53. The summed E-state index contributed by atoms with van der Waals surface area (Å²) < 4.78 is 22.7. The SMILES string of the molecule is COC(=O)CC(=Nc1cc(F)cc2cccnc12)C(=O)OC. The number of rotatable bonds is 4. The van der Waals surface area contributed by atoms with Crippen molar-refractivity contribution in [2.24, 2.45) is 4.99 Å². The van der Waals surface area contributed by atoms with Gasteiger partial charge in [0.1, 0.15) is 11.5 Å². The Morgan fingerprint density at radius 2 is 2.05 bits per heavy atom. The molecule has 0 unspecified atom stereocenters. The van der Waals surface area contributed by atoms with Crippen molar-refractivity contribution < 1.29 is 23.5 Å². The van der Waals surface area contributed by atoms with Crippen LogP contribution in [-0.4, -0.2) is 36.9 Å². The molecule has 2 aromatic rings. The highest BCUT2D eigenvalue weighted by molar-refractivity contribution is 6.40. The zero-order valence-corrected chi connectivity index (χ0v) is 12.0. The van der Waals surface area contributed by atoms with Crippen molar-refractivity contribution in [2.45, 2.75) is 6.42 Å². The van der Waals surface area contributed by atoms with Gasteiger partial charge in [0.25, 0.3) is 0 Å². The number of aromatic nitrogens is 1. The zero-order chi connectivity index (χ0) is 16.1. The summed E-state index contributed by atoms with van der Waals surface area (Å²) in [5.41, 5.74) is 0.363. The summed E-state index contributed by atoms with van der Waals surface area (Å²) >= 11 is 0. The number of aliphatic imine (C=N–C) groups is 1. The third-order valence-electron chi connectivity index (χ3n) is 2.87. The second kappa shape index (κ2) is 6.75. The molecule has 0 atom stereocenters. The van der Waals surface area contributed by atoms with Gasteiger partial charge in [0, 0.05) is 17.6 Å². The van der Waals surface area contributed by atoms with Gasteiger partial charge < -0.3 is 9.47 Å². The Balaban J connectivity index is 2.56. The van der Waals surface area contributed by atoms with Gasteiger partial charge in [0.05, 0.1) is 31.8 Å². The Kier molecular flexibility index (Phi) is 4.77. The van der Waals surface area contributed by atoms with Crippen LogP contribution in [0.2, 0.25) is 0 Å². The van der Waals surface area contributed by atoms with Crippen LogP contribution in [0.15, 0.2) is 35.5 Å². The largest absolute Gasteiger partial charge is 0.469 e. The molecule has 0 bridgehead atoms. The van der Waals surface area contributed by atoms with E-state index in [1.807, 2.05) is 0 Å². The van der Waals surface area contributed by atoms with E-state index in [4.69, 9.17) is 0 Å². The fourth-order valence-corrected chi connectivity index (χ4v) is 1.85. The van der Waals surface area contributed by atoms with Crippen LogP contribution in [0.25, 0.3) is 10.9 Å². The number of esters is 2. The number of benzene rings is 1. The maximum atomic E-state index is 13.7. The van der Waals surface area contributed by atoms with Gasteiger partial charge in [0.15, 0.2) is 0 Å². The molecule has 114 valence electrons. The lowest BCUT2D eigenvalue weighted by molar-refractivity contribution is -0.140. The van der Waals surface area contributed by atoms with E-state index >= 15 is 0 Å².